The largest absolute Gasteiger partial charge is 0.489 e. The van der Waals surface area contributed by atoms with Gasteiger partial charge < -0.3 is 44.0 Å². The molecule has 0 saturated carbocycles. The number of Topliss-reactive ketones (excluding diaryl/α,β-unsaturated/α-hetero) is 1. The molecule has 0 amide bonds. The predicted octanol–water partition coefficient (Wildman–Crippen LogP) is 3.66. The Morgan fingerprint density at radius 3 is 2.15 bits per heavy atom. The van der Waals surface area contributed by atoms with E-state index in [1.807, 2.05) is 46.4 Å². The maximum atomic E-state index is 13.1. The molecular weight excluding hydrogens is 706 g/mol. The molecule has 2 heterocycles. The van der Waals surface area contributed by atoms with Gasteiger partial charge in [0, 0.05) is 54.8 Å². The summed E-state index contributed by atoms with van der Waals surface area (Å²) in [5, 5.41) is 6.63. The maximum Gasteiger partial charge on any atom is 0.347 e. The van der Waals surface area contributed by atoms with Gasteiger partial charge in [-0.2, -0.15) is 4.37 Å². The van der Waals surface area contributed by atoms with Crippen LogP contribution in [0.1, 0.15) is 90.1 Å². The number of rotatable bonds is 18. The highest BCUT2D eigenvalue weighted by Crippen LogP contribution is 2.30. The van der Waals surface area contributed by atoms with Gasteiger partial charge in [-0.05, 0) is 67.4 Å². The lowest BCUT2D eigenvalue weighted by molar-refractivity contribution is -0.171. The summed E-state index contributed by atoms with van der Waals surface area (Å²) in [5.74, 6) is -0.477. The Labute approximate surface area is 316 Å². The van der Waals surface area contributed by atoms with Crippen molar-refractivity contribution in [2.75, 3.05) is 57.5 Å². The van der Waals surface area contributed by atoms with E-state index >= 15 is 0 Å². The molecule has 2 N–H and O–H groups in total. The van der Waals surface area contributed by atoms with Gasteiger partial charge in [-0.25, -0.2) is 4.79 Å². The second-order valence-electron chi connectivity index (χ2n) is 15.2. The molecule has 0 bridgehead atoms. The third-order valence-electron chi connectivity index (χ3n) is 8.32. The number of carbonyl (C=O) groups excluding carboxylic acids is 4. The number of nitrogens with one attached hydrogen (secondary N) is 2. The number of esters is 3. The number of nitrogens with zero attached hydrogens (tertiary/aromatic N) is 3. The summed E-state index contributed by atoms with van der Waals surface area (Å²) in [7, 11) is 0. The lowest BCUT2D eigenvalue weighted by atomic mass is 9.90. The minimum Gasteiger partial charge on any atom is -0.489 e. The third kappa shape index (κ3) is 14.1. The number of ketones is 1. The second-order valence-corrected chi connectivity index (χ2v) is 15.8. The Balaban J connectivity index is 1.27. The Morgan fingerprint density at radius 2 is 1.49 bits per heavy atom. The van der Waals surface area contributed by atoms with Gasteiger partial charge in [0.1, 0.15) is 31.2 Å². The summed E-state index contributed by atoms with van der Waals surface area (Å²) in [6, 6.07) is 5.39. The molecule has 0 spiro atoms. The molecule has 2 aromatic rings. The maximum absolute atomic E-state index is 13.1. The molecule has 1 fully saturated rings. The van der Waals surface area contributed by atoms with Crippen molar-refractivity contribution in [1.82, 2.24) is 19.4 Å². The molecule has 1 aliphatic carbocycles. The van der Waals surface area contributed by atoms with Crippen LogP contribution in [0, 0.1) is 0 Å². The molecule has 1 aromatic carbocycles. The molecular formula is C37H55N5O10S. The van der Waals surface area contributed by atoms with Crippen molar-refractivity contribution in [3.05, 3.63) is 29.3 Å². The molecule has 16 heteroatoms. The molecule has 3 atom stereocenters. The molecule has 4 rings (SSSR count). The van der Waals surface area contributed by atoms with E-state index in [0.717, 1.165) is 30.1 Å². The van der Waals surface area contributed by atoms with E-state index in [0.29, 0.717) is 62.3 Å². The number of carbonyl (C=O) groups is 4. The number of ether oxygens (including phenoxy) is 6. The highest BCUT2D eigenvalue weighted by atomic mass is 32.1. The fourth-order valence-electron chi connectivity index (χ4n) is 5.49. The van der Waals surface area contributed by atoms with Crippen LogP contribution in [0.2, 0.25) is 0 Å². The zero-order valence-corrected chi connectivity index (χ0v) is 32.8. The molecule has 0 radical (unpaired) electrons. The molecule has 15 nitrogen and oxygen atoms in total. The number of hydrogen-bond donors (Lipinski definition) is 2. The fourth-order valence-corrected chi connectivity index (χ4v) is 6.01. The highest BCUT2D eigenvalue weighted by molar-refractivity contribution is 6.99. The van der Waals surface area contributed by atoms with Crippen LogP contribution in [0.4, 0.5) is 5.82 Å². The summed E-state index contributed by atoms with van der Waals surface area (Å²) in [6.45, 7) is 16.5. The van der Waals surface area contributed by atoms with E-state index in [9.17, 15) is 19.2 Å². The van der Waals surface area contributed by atoms with Gasteiger partial charge in [0.2, 0.25) is 5.82 Å². The number of aromatic nitrogens is 2. The Morgan fingerprint density at radius 1 is 0.868 bits per heavy atom. The van der Waals surface area contributed by atoms with Crippen molar-refractivity contribution < 1.29 is 47.6 Å². The van der Waals surface area contributed by atoms with Gasteiger partial charge in [-0.3, -0.25) is 14.4 Å². The van der Waals surface area contributed by atoms with Crippen LogP contribution in [0.5, 0.6) is 11.6 Å². The van der Waals surface area contributed by atoms with Gasteiger partial charge >= 0.3 is 17.9 Å². The quantitative estimate of drug-likeness (QED) is 0.166. The van der Waals surface area contributed by atoms with Crippen LogP contribution in [0.3, 0.4) is 0 Å². The Bertz CT molecular complexity index is 1530. The first-order valence-corrected chi connectivity index (χ1v) is 19.0. The smallest absolute Gasteiger partial charge is 0.347 e. The monoisotopic (exact) mass is 761 g/mol. The lowest BCUT2D eigenvalue weighted by Gasteiger charge is -2.27. The summed E-state index contributed by atoms with van der Waals surface area (Å²) in [4.78, 5) is 53.1. The van der Waals surface area contributed by atoms with Gasteiger partial charge in [0.25, 0.3) is 5.88 Å². The van der Waals surface area contributed by atoms with Gasteiger partial charge in [-0.15, -0.1) is 4.37 Å². The van der Waals surface area contributed by atoms with Crippen molar-refractivity contribution in [2.24, 2.45) is 0 Å². The van der Waals surface area contributed by atoms with Crippen LogP contribution in [-0.2, 0) is 39.8 Å². The van der Waals surface area contributed by atoms with E-state index in [2.05, 4.69) is 19.4 Å². The molecule has 53 heavy (non-hydrogen) atoms. The minimum atomic E-state index is -1.23. The van der Waals surface area contributed by atoms with E-state index in [1.165, 1.54) is 6.92 Å². The van der Waals surface area contributed by atoms with Crippen molar-refractivity contribution in [2.45, 2.75) is 110 Å². The van der Waals surface area contributed by atoms with Crippen LogP contribution in [0.15, 0.2) is 18.2 Å². The topological polar surface area (TPSA) is 177 Å². The molecule has 1 saturated heterocycles. The van der Waals surface area contributed by atoms with E-state index < -0.39 is 36.2 Å². The molecule has 1 unspecified atom stereocenters. The number of fused-ring (bicyclic) bond motifs is 1. The van der Waals surface area contributed by atoms with Crippen molar-refractivity contribution in [1.29, 1.82) is 0 Å². The lowest BCUT2D eigenvalue weighted by Crippen LogP contribution is -2.45. The van der Waals surface area contributed by atoms with Crippen LogP contribution >= 0.6 is 11.7 Å². The first-order valence-electron chi connectivity index (χ1n) is 18.2. The average Bonchev–Trinajstić information content (AvgIpc) is 3.58. The van der Waals surface area contributed by atoms with Gasteiger partial charge in [0.05, 0.1) is 37.8 Å². The predicted molar refractivity (Wildman–Crippen MR) is 198 cm³/mol. The summed E-state index contributed by atoms with van der Waals surface area (Å²) in [6.07, 6.45) is -1.22. The third-order valence-corrected chi connectivity index (χ3v) is 8.82. The van der Waals surface area contributed by atoms with Crippen LogP contribution in [0.25, 0.3) is 0 Å². The normalized spacial score (nSPS) is 16.6. The van der Waals surface area contributed by atoms with E-state index in [-0.39, 0.29) is 49.5 Å². The highest BCUT2D eigenvalue weighted by Gasteiger charge is 2.28. The SMILES string of the molecule is CC(OC(=O)CCC(=O)O[C@@H](CNC(C)(C)C)COc1nsnc1N1CCOCC1)C(=O)O[C@@H](CNC(C)(C)C)COc1cccc2c1CCCC2=O. The minimum absolute atomic E-state index is 0.0186. The van der Waals surface area contributed by atoms with Crippen LogP contribution in [-0.4, -0.2) is 114 Å². The van der Waals surface area contributed by atoms with Gasteiger partial charge in [-0.1, -0.05) is 12.1 Å². The number of hydrogen-bond acceptors (Lipinski definition) is 16. The van der Waals surface area contributed by atoms with E-state index in [4.69, 9.17) is 28.4 Å². The molecule has 294 valence electrons. The zero-order chi connectivity index (χ0) is 38.6. The van der Waals surface area contributed by atoms with Gasteiger partial charge in [0.15, 0.2) is 11.9 Å². The molecule has 2 aliphatic rings. The van der Waals surface area contributed by atoms with Crippen molar-refractivity contribution in [3.63, 3.8) is 0 Å². The number of morpholine rings is 1. The van der Waals surface area contributed by atoms with Crippen molar-refractivity contribution >= 4 is 41.2 Å². The Kier molecular flexibility index (Phi) is 15.4. The standard InChI is InChI=1S/C37H55N5O10S/c1-24(35(46)52-26(21-39-37(5,6)7)22-48-30-13-9-10-27-28(30)11-8-12-29(27)43)50-31(44)14-15-32(45)51-25(20-38-36(2,3)4)23-49-34-33(40-53-41-34)42-16-18-47-19-17-42/h9-10,13,24-26,38-39H,8,11-12,14-23H2,1-7H3/t24?,25-,26-/m0/s1. The van der Waals surface area contributed by atoms with E-state index in [1.54, 1.807) is 18.2 Å². The Hall–Kier alpha value is -3.86. The second kappa shape index (κ2) is 19.5. The van der Waals surface area contributed by atoms with Crippen LogP contribution < -0.4 is 25.0 Å². The number of anilines is 1. The first kappa shape index (κ1) is 41.9. The zero-order valence-electron chi connectivity index (χ0n) is 32.0. The summed E-state index contributed by atoms with van der Waals surface area (Å²) >= 11 is 1.04. The first-order chi connectivity index (χ1) is 25.1. The fraction of sp³-hybridized carbons (Fsp3) is 0.676. The summed E-state index contributed by atoms with van der Waals surface area (Å²) in [5.41, 5.74) is 0.997. The summed E-state index contributed by atoms with van der Waals surface area (Å²) < 4.78 is 42.9. The average molecular weight is 762 g/mol. The molecule has 1 aliphatic heterocycles. The molecule has 1 aromatic heterocycles. The number of benzene rings is 1. The van der Waals surface area contributed by atoms with Crippen molar-refractivity contribution in [3.8, 4) is 11.6 Å².